The Morgan fingerprint density at radius 1 is 1.40 bits per heavy atom. The number of pyridine rings is 1. The minimum Gasteiger partial charge on any atom is -0.327 e. The molecule has 0 aliphatic carbocycles. The first-order chi connectivity index (χ1) is 9.45. The average Bonchev–Trinajstić information content (AvgIpc) is 2.76. The van der Waals surface area contributed by atoms with E-state index >= 15 is 0 Å². The van der Waals surface area contributed by atoms with E-state index in [-0.39, 0.29) is 5.41 Å². The topological polar surface area (TPSA) is 46.6 Å². The van der Waals surface area contributed by atoms with E-state index < -0.39 is 0 Å². The number of fused-ring (bicyclic) bond motifs is 1. The van der Waals surface area contributed by atoms with E-state index in [4.69, 9.17) is 5.73 Å². The molecule has 4 nitrogen and oxygen atoms in total. The maximum atomic E-state index is 6.21. The molecule has 108 valence electrons. The van der Waals surface area contributed by atoms with Gasteiger partial charge in [-0.1, -0.05) is 19.9 Å². The number of rotatable bonds is 2. The smallest absolute Gasteiger partial charge is 0.136 e. The van der Waals surface area contributed by atoms with Gasteiger partial charge in [-0.05, 0) is 30.4 Å². The van der Waals surface area contributed by atoms with Gasteiger partial charge in [-0.15, -0.1) is 0 Å². The number of hydrogen-bond donors (Lipinski definition) is 1. The van der Waals surface area contributed by atoms with Gasteiger partial charge in [0, 0.05) is 31.9 Å². The van der Waals surface area contributed by atoms with Crippen molar-refractivity contribution < 1.29 is 0 Å². The van der Waals surface area contributed by atoms with E-state index in [9.17, 15) is 0 Å². The highest BCUT2D eigenvalue weighted by molar-refractivity contribution is 5.41. The molecule has 2 N–H and O–H groups in total. The van der Waals surface area contributed by atoms with Crippen molar-refractivity contribution in [2.45, 2.75) is 39.8 Å². The second-order valence-electron chi connectivity index (χ2n) is 6.78. The van der Waals surface area contributed by atoms with E-state index in [2.05, 4.69) is 53.4 Å². The first-order valence-electron chi connectivity index (χ1n) is 7.36. The van der Waals surface area contributed by atoms with Gasteiger partial charge in [0.1, 0.15) is 5.65 Å². The lowest BCUT2D eigenvalue weighted by molar-refractivity contribution is 0.0887. The first kappa shape index (κ1) is 13.6. The number of nitrogens with zero attached hydrogens (tertiary/aromatic N) is 3. The van der Waals surface area contributed by atoms with E-state index in [0.29, 0.717) is 6.04 Å². The van der Waals surface area contributed by atoms with Crippen LogP contribution in [0, 0.1) is 12.3 Å². The van der Waals surface area contributed by atoms with Crippen LogP contribution in [0.4, 0.5) is 0 Å². The SMILES string of the molecule is Cc1ccc2ncc(CN3CCC(N)C(C)(C)C3)n2c1. The van der Waals surface area contributed by atoms with E-state index in [0.717, 1.165) is 31.7 Å². The molecule has 1 saturated heterocycles. The third-order valence-corrected chi connectivity index (χ3v) is 4.51. The fraction of sp³-hybridized carbons (Fsp3) is 0.562. The van der Waals surface area contributed by atoms with Gasteiger partial charge >= 0.3 is 0 Å². The first-order valence-corrected chi connectivity index (χ1v) is 7.36. The molecule has 20 heavy (non-hydrogen) atoms. The van der Waals surface area contributed by atoms with Crippen LogP contribution in [0.1, 0.15) is 31.5 Å². The summed E-state index contributed by atoms with van der Waals surface area (Å²) in [6.45, 7) is 9.72. The zero-order chi connectivity index (χ0) is 14.3. The molecule has 1 fully saturated rings. The molecule has 1 aliphatic heterocycles. The van der Waals surface area contributed by atoms with E-state index in [1.54, 1.807) is 0 Å². The fourth-order valence-corrected chi connectivity index (χ4v) is 3.10. The zero-order valence-electron chi connectivity index (χ0n) is 12.6. The van der Waals surface area contributed by atoms with Crippen molar-refractivity contribution in [2.24, 2.45) is 11.1 Å². The van der Waals surface area contributed by atoms with Crippen LogP contribution < -0.4 is 5.73 Å². The molecule has 0 aromatic carbocycles. The Hall–Kier alpha value is -1.39. The van der Waals surface area contributed by atoms with Crippen molar-refractivity contribution in [2.75, 3.05) is 13.1 Å². The zero-order valence-corrected chi connectivity index (χ0v) is 12.6. The van der Waals surface area contributed by atoms with Gasteiger partial charge in [0.2, 0.25) is 0 Å². The van der Waals surface area contributed by atoms with Crippen LogP contribution in [0.5, 0.6) is 0 Å². The van der Waals surface area contributed by atoms with Gasteiger partial charge in [0.05, 0.1) is 11.9 Å². The highest BCUT2D eigenvalue weighted by Gasteiger charge is 2.33. The van der Waals surface area contributed by atoms with Crippen LogP contribution in [0.3, 0.4) is 0 Å². The lowest BCUT2D eigenvalue weighted by Crippen LogP contribution is -2.52. The normalized spacial score (nSPS) is 23.3. The molecule has 1 atom stereocenters. The summed E-state index contributed by atoms with van der Waals surface area (Å²) in [6.07, 6.45) is 5.23. The summed E-state index contributed by atoms with van der Waals surface area (Å²) >= 11 is 0. The van der Waals surface area contributed by atoms with Gasteiger partial charge in [-0.2, -0.15) is 0 Å². The van der Waals surface area contributed by atoms with Crippen molar-refractivity contribution in [3.05, 3.63) is 35.8 Å². The maximum Gasteiger partial charge on any atom is 0.136 e. The van der Waals surface area contributed by atoms with Crippen molar-refractivity contribution in [1.29, 1.82) is 0 Å². The summed E-state index contributed by atoms with van der Waals surface area (Å²) in [5, 5.41) is 0. The Bertz CT molecular complexity index is 614. The van der Waals surface area contributed by atoms with Crippen molar-refractivity contribution in [1.82, 2.24) is 14.3 Å². The summed E-state index contributed by atoms with van der Waals surface area (Å²) in [4.78, 5) is 6.98. The minimum absolute atomic E-state index is 0.189. The third kappa shape index (κ3) is 2.45. The highest BCUT2D eigenvalue weighted by Crippen LogP contribution is 2.28. The summed E-state index contributed by atoms with van der Waals surface area (Å²) < 4.78 is 2.21. The number of likely N-dealkylation sites (tertiary alicyclic amines) is 1. The Morgan fingerprint density at radius 2 is 2.20 bits per heavy atom. The third-order valence-electron chi connectivity index (χ3n) is 4.51. The summed E-state index contributed by atoms with van der Waals surface area (Å²) in [7, 11) is 0. The number of imidazole rings is 1. The standard InChI is InChI=1S/C16H24N4/c1-12-4-5-15-18-8-13(20(15)9-12)10-19-7-6-14(17)16(2,3)11-19/h4-5,8-9,14H,6-7,10-11,17H2,1-3H3. The monoisotopic (exact) mass is 272 g/mol. The average molecular weight is 272 g/mol. The Morgan fingerprint density at radius 3 is 2.95 bits per heavy atom. The van der Waals surface area contributed by atoms with Gasteiger partial charge in [-0.25, -0.2) is 4.98 Å². The number of hydrogen-bond acceptors (Lipinski definition) is 3. The maximum absolute atomic E-state index is 6.21. The van der Waals surface area contributed by atoms with Crippen molar-refractivity contribution in [3.63, 3.8) is 0 Å². The summed E-state index contributed by atoms with van der Waals surface area (Å²) in [6, 6.07) is 4.49. The molecule has 0 amide bonds. The minimum atomic E-state index is 0.189. The molecular formula is C16H24N4. The number of piperidine rings is 1. The number of aromatic nitrogens is 2. The Labute approximate surface area is 120 Å². The molecule has 0 spiro atoms. The van der Waals surface area contributed by atoms with E-state index in [1.165, 1.54) is 11.3 Å². The van der Waals surface area contributed by atoms with Gasteiger partial charge in [0.25, 0.3) is 0 Å². The molecule has 0 bridgehead atoms. The lowest BCUT2D eigenvalue weighted by atomic mass is 9.80. The van der Waals surface area contributed by atoms with Gasteiger partial charge < -0.3 is 10.1 Å². The number of nitrogens with two attached hydrogens (primary N) is 1. The fourth-order valence-electron chi connectivity index (χ4n) is 3.10. The van der Waals surface area contributed by atoms with Crippen LogP contribution in [-0.2, 0) is 6.54 Å². The van der Waals surface area contributed by atoms with Crippen LogP contribution in [0.25, 0.3) is 5.65 Å². The molecular weight excluding hydrogens is 248 g/mol. The molecule has 2 aromatic rings. The predicted molar refractivity (Wildman–Crippen MR) is 81.6 cm³/mol. The molecule has 1 aliphatic rings. The Balaban J connectivity index is 1.81. The molecule has 4 heteroatoms. The van der Waals surface area contributed by atoms with E-state index in [1.807, 2.05) is 6.20 Å². The summed E-state index contributed by atoms with van der Waals surface area (Å²) in [5.41, 5.74) is 9.95. The molecule has 1 unspecified atom stereocenters. The van der Waals surface area contributed by atoms with Crippen molar-refractivity contribution in [3.8, 4) is 0 Å². The quantitative estimate of drug-likeness (QED) is 0.911. The molecule has 3 heterocycles. The van der Waals surface area contributed by atoms with Gasteiger partial charge in [-0.3, -0.25) is 4.90 Å². The second-order valence-corrected chi connectivity index (χ2v) is 6.78. The molecule has 0 radical (unpaired) electrons. The Kier molecular flexibility index (Phi) is 3.30. The van der Waals surface area contributed by atoms with Gasteiger partial charge in [0.15, 0.2) is 0 Å². The lowest BCUT2D eigenvalue weighted by Gasteiger charge is -2.42. The van der Waals surface area contributed by atoms with Crippen LogP contribution >= 0.6 is 0 Å². The molecule has 2 aromatic heterocycles. The summed E-state index contributed by atoms with van der Waals surface area (Å²) in [5.74, 6) is 0. The van der Waals surface area contributed by atoms with Crippen LogP contribution in [0.15, 0.2) is 24.5 Å². The molecule has 3 rings (SSSR count). The van der Waals surface area contributed by atoms with Crippen LogP contribution in [0.2, 0.25) is 0 Å². The molecule has 0 saturated carbocycles. The largest absolute Gasteiger partial charge is 0.327 e. The van der Waals surface area contributed by atoms with Crippen LogP contribution in [-0.4, -0.2) is 33.4 Å². The van der Waals surface area contributed by atoms with Crippen molar-refractivity contribution >= 4 is 5.65 Å². The second kappa shape index (κ2) is 4.86. The highest BCUT2D eigenvalue weighted by atomic mass is 15.2. The predicted octanol–water partition coefficient (Wildman–Crippen LogP) is 2.20. The number of aryl methyl sites for hydroxylation is 1.